The standard InChI is InChI=1S/C18H17FN2O2/c1-23-14-5-2-12(3-6-14)8-9-20-11-16-15-10-13(19)4-7-17(15)21-18(16)22/h2-7,10-11,21-22H,8-9H2,1H3. The molecule has 0 aliphatic heterocycles. The van der Waals surface area contributed by atoms with Crippen LogP contribution in [0, 0.1) is 5.82 Å². The first-order chi connectivity index (χ1) is 11.2. The number of nitrogens with zero attached hydrogens (tertiary/aromatic N) is 1. The third-order valence-electron chi connectivity index (χ3n) is 3.69. The van der Waals surface area contributed by atoms with E-state index in [0.717, 1.165) is 17.7 Å². The first-order valence-electron chi connectivity index (χ1n) is 7.30. The van der Waals surface area contributed by atoms with E-state index >= 15 is 0 Å². The fourth-order valence-corrected chi connectivity index (χ4v) is 2.44. The Bertz CT molecular complexity index is 838. The molecule has 5 heteroatoms. The van der Waals surface area contributed by atoms with Crippen molar-refractivity contribution in [2.45, 2.75) is 6.42 Å². The molecule has 3 aromatic rings. The molecule has 0 saturated heterocycles. The number of aliphatic imine (C=N–C) groups is 1. The molecule has 0 aliphatic rings. The molecule has 0 unspecified atom stereocenters. The number of aromatic amines is 1. The molecule has 0 spiro atoms. The van der Waals surface area contributed by atoms with Crippen molar-refractivity contribution in [3.8, 4) is 11.6 Å². The molecule has 1 heterocycles. The van der Waals surface area contributed by atoms with Crippen molar-refractivity contribution in [1.82, 2.24) is 4.98 Å². The van der Waals surface area contributed by atoms with E-state index in [1.807, 2.05) is 24.3 Å². The number of aromatic hydroxyl groups is 1. The molecule has 0 atom stereocenters. The lowest BCUT2D eigenvalue weighted by Crippen LogP contribution is -1.91. The second kappa shape index (κ2) is 6.52. The van der Waals surface area contributed by atoms with Gasteiger partial charge >= 0.3 is 0 Å². The Balaban J connectivity index is 1.70. The molecule has 0 saturated carbocycles. The van der Waals surface area contributed by atoms with Crippen LogP contribution in [0.3, 0.4) is 0 Å². The Labute approximate surface area is 133 Å². The summed E-state index contributed by atoms with van der Waals surface area (Å²) in [6, 6.07) is 12.1. The van der Waals surface area contributed by atoms with Crippen LogP contribution in [-0.4, -0.2) is 30.0 Å². The zero-order chi connectivity index (χ0) is 16.2. The molecule has 2 aromatic carbocycles. The third-order valence-corrected chi connectivity index (χ3v) is 3.69. The van der Waals surface area contributed by atoms with Crippen molar-refractivity contribution in [2.75, 3.05) is 13.7 Å². The van der Waals surface area contributed by atoms with Crippen molar-refractivity contribution >= 4 is 17.1 Å². The number of ether oxygens (including phenoxy) is 1. The van der Waals surface area contributed by atoms with Crippen LogP contribution in [0.4, 0.5) is 4.39 Å². The first kappa shape index (κ1) is 15.1. The molecule has 0 fully saturated rings. The highest BCUT2D eigenvalue weighted by molar-refractivity contribution is 6.01. The first-order valence-corrected chi connectivity index (χ1v) is 7.30. The zero-order valence-electron chi connectivity index (χ0n) is 12.7. The highest BCUT2D eigenvalue weighted by Crippen LogP contribution is 2.26. The molecule has 0 aliphatic carbocycles. The lowest BCUT2D eigenvalue weighted by Gasteiger charge is -2.01. The van der Waals surface area contributed by atoms with Crippen LogP contribution in [-0.2, 0) is 6.42 Å². The predicted molar refractivity (Wildman–Crippen MR) is 89.1 cm³/mol. The summed E-state index contributed by atoms with van der Waals surface area (Å²) in [7, 11) is 1.63. The fourth-order valence-electron chi connectivity index (χ4n) is 2.44. The Hall–Kier alpha value is -2.82. The Morgan fingerprint density at radius 3 is 2.74 bits per heavy atom. The van der Waals surface area contributed by atoms with Gasteiger partial charge in [0, 0.05) is 23.7 Å². The van der Waals surface area contributed by atoms with Crippen LogP contribution in [0.25, 0.3) is 10.9 Å². The van der Waals surface area contributed by atoms with Gasteiger partial charge < -0.3 is 14.8 Å². The van der Waals surface area contributed by atoms with Crippen LogP contribution >= 0.6 is 0 Å². The predicted octanol–water partition coefficient (Wildman–Crippen LogP) is 3.68. The molecule has 1 aromatic heterocycles. The number of hydrogen-bond donors (Lipinski definition) is 2. The topological polar surface area (TPSA) is 57.6 Å². The summed E-state index contributed by atoms with van der Waals surface area (Å²) in [5, 5.41) is 10.5. The van der Waals surface area contributed by atoms with Crippen LogP contribution in [0.5, 0.6) is 11.6 Å². The average molecular weight is 312 g/mol. The highest BCUT2D eigenvalue weighted by Gasteiger charge is 2.09. The van der Waals surface area contributed by atoms with E-state index in [9.17, 15) is 9.50 Å². The summed E-state index contributed by atoms with van der Waals surface area (Å²) >= 11 is 0. The summed E-state index contributed by atoms with van der Waals surface area (Å²) in [6.45, 7) is 0.577. The van der Waals surface area contributed by atoms with Crippen molar-refractivity contribution < 1.29 is 14.2 Å². The smallest absolute Gasteiger partial charge is 0.198 e. The summed E-state index contributed by atoms with van der Waals surface area (Å²) in [6.07, 6.45) is 2.36. The number of fused-ring (bicyclic) bond motifs is 1. The highest BCUT2D eigenvalue weighted by atomic mass is 19.1. The van der Waals surface area contributed by atoms with Gasteiger partial charge in [0.2, 0.25) is 0 Å². The molecule has 3 rings (SSSR count). The summed E-state index contributed by atoms with van der Waals surface area (Å²) in [4.78, 5) is 7.14. The maximum Gasteiger partial charge on any atom is 0.198 e. The minimum atomic E-state index is -0.343. The van der Waals surface area contributed by atoms with E-state index in [2.05, 4.69) is 9.98 Å². The molecule has 0 amide bonds. The van der Waals surface area contributed by atoms with E-state index in [-0.39, 0.29) is 11.7 Å². The van der Waals surface area contributed by atoms with E-state index in [0.29, 0.717) is 23.0 Å². The number of halogens is 1. The number of aromatic nitrogens is 1. The average Bonchev–Trinajstić information content (AvgIpc) is 2.87. The third kappa shape index (κ3) is 3.34. The van der Waals surface area contributed by atoms with E-state index in [1.165, 1.54) is 12.1 Å². The van der Waals surface area contributed by atoms with Gasteiger partial charge in [0.25, 0.3) is 0 Å². The molecule has 0 bridgehead atoms. The lowest BCUT2D eigenvalue weighted by molar-refractivity contribution is 0.414. The van der Waals surface area contributed by atoms with Crippen molar-refractivity contribution in [3.05, 3.63) is 59.4 Å². The van der Waals surface area contributed by atoms with Gasteiger partial charge in [-0.15, -0.1) is 0 Å². The zero-order valence-corrected chi connectivity index (χ0v) is 12.7. The number of methoxy groups -OCH3 is 1. The molecule has 23 heavy (non-hydrogen) atoms. The Kier molecular flexibility index (Phi) is 4.28. The van der Waals surface area contributed by atoms with Crippen LogP contribution in [0.1, 0.15) is 11.1 Å². The molecule has 0 radical (unpaired) electrons. The molecular weight excluding hydrogens is 295 g/mol. The molecule has 2 N–H and O–H groups in total. The maximum absolute atomic E-state index is 13.3. The number of hydrogen-bond acceptors (Lipinski definition) is 3. The van der Waals surface area contributed by atoms with Gasteiger partial charge in [-0.3, -0.25) is 4.99 Å². The van der Waals surface area contributed by atoms with Gasteiger partial charge in [0.15, 0.2) is 5.88 Å². The van der Waals surface area contributed by atoms with Gasteiger partial charge in [0.05, 0.1) is 12.7 Å². The Morgan fingerprint density at radius 2 is 2.00 bits per heavy atom. The van der Waals surface area contributed by atoms with Gasteiger partial charge in [-0.25, -0.2) is 4.39 Å². The van der Waals surface area contributed by atoms with Gasteiger partial charge in [0.1, 0.15) is 11.6 Å². The molecule has 118 valence electrons. The lowest BCUT2D eigenvalue weighted by atomic mass is 10.1. The summed E-state index contributed by atoms with van der Waals surface area (Å²) in [5.74, 6) is 0.478. The number of H-pyrrole nitrogens is 1. The second-order valence-corrected chi connectivity index (χ2v) is 5.21. The van der Waals surface area contributed by atoms with E-state index < -0.39 is 0 Å². The Morgan fingerprint density at radius 1 is 1.22 bits per heavy atom. The second-order valence-electron chi connectivity index (χ2n) is 5.21. The number of rotatable bonds is 5. The minimum absolute atomic E-state index is 0.00111. The van der Waals surface area contributed by atoms with E-state index in [1.54, 1.807) is 19.4 Å². The van der Waals surface area contributed by atoms with Gasteiger partial charge in [-0.2, -0.15) is 0 Å². The maximum atomic E-state index is 13.3. The molecule has 4 nitrogen and oxygen atoms in total. The quantitative estimate of drug-likeness (QED) is 0.706. The van der Waals surface area contributed by atoms with E-state index in [4.69, 9.17) is 4.74 Å². The number of nitrogens with one attached hydrogen (secondary N) is 1. The van der Waals surface area contributed by atoms with Gasteiger partial charge in [-0.1, -0.05) is 12.1 Å². The molecular formula is C18H17FN2O2. The normalized spacial score (nSPS) is 11.4. The fraction of sp³-hybridized carbons (Fsp3) is 0.167. The van der Waals surface area contributed by atoms with Crippen LogP contribution in [0.15, 0.2) is 47.5 Å². The van der Waals surface area contributed by atoms with Crippen molar-refractivity contribution in [1.29, 1.82) is 0 Å². The minimum Gasteiger partial charge on any atom is -0.497 e. The van der Waals surface area contributed by atoms with Crippen molar-refractivity contribution in [2.24, 2.45) is 4.99 Å². The summed E-state index contributed by atoms with van der Waals surface area (Å²) < 4.78 is 18.5. The van der Waals surface area contributed by atoms with Gasteiger partial charge in [-0.05, 0) is 42.3 Å². The monoisotopic (exact) mass is 312 g/mol. The largest absolute Gasteiger partial charge is 0.497 e. The summed E-state index contributed by atoms with van der Waals surface area (Å²) in [5.41, 5.74) is 2.34. The number of benzene rings is 2. The van der Waals surface area contributed by atoms with Crippen LogP contribution < -0.4 is 4.74 Å². The SMILES string of the molecule is COc1ccc(CCN=Cc2c(O)[nH]c3ccc(F)cc23)cc1. The van der Waals surface area contributed by atoms with Crippen molar-refractivity contribution in [3.63, 3.8) is 0 Å². The van der Waals surface area contributed by atoms with Crippen LogP contribution in [0.2, 0.25) is 0 Å².